The molecule has 0 spiro atoms. The second-order valence-electron chi connectivity index (χ2n) is 7.52. The van der Waals surface area contributed by atoms with Gasteiger partial charge in [-0.3, -0.25) is 4.79 Å². The van der Waals surface area contributed by atoms with Crippen LogP contribution in [0.3, 0.4) is 0 Å². The number of thiocyanates is 1. The molecule has 5 heteroatoms. The average molecular weight is 377 g/mol. The van der Waals surface area contributed by atoms with Crippen LogP contribution >= 0.6 is 11.8 Å². The van der Waals surface area contributed by atoms with Crippen molar-refractivity contribution in [1.82, 2.24) is 0 Å². The van der Waals surface area contributed by atoms with Crippen molar-refractivity contribution in [2.24, 2.45) is 11.8 Å². The van der Waals surface area contributed by atoms with Crippen LogP contribution in [0.1, 0.15) is 59.4 Å². The third-order valence-corrected chi connectivity index (χ3v) is 4.64. The number of anilines is 1. The lowest BCUT2D eigenvalue weighted by Crippen LogP contribution is -2.31. The molecular weight excluding hydrogens is 344 g/mol. The van der Waals surface area contributed by atoms with Crippen LogP contribution in [0.15, 0.2) is 23.1 Å². The molecular formula is C21H32N2O2S. The Kier molecular flexibility index (Phi) is 9.58. The first-order chi connectivity index (χ1) is 12.3. The van der Waals surface area contributed by atoms with Crippen molar-refractivity contribution in [2.75, 3.05) is 24.6 Å². The zero-order chi connectivity index (χ0) is 19.7. The summed E-state index contributed by atoms with van der Waals surface area (Å²) in [6.07, 6.45) is 0.353. The van der Waals surface area contributed by atoms with E-state index in [0.717, 1.165) is 29.2 Å². The van der Waals surface area contributed by atoms with Crippen LogP contribution in [0.2, 0.25) is 0 Å². The molecule has 0 bridgehead atoms. The fraction of sp³-hybridized carbons (Fsp3) is 0.619. The first-order valence-corrected chi connectivity index (χ1v) is 10.2. The Bertz CT molecular complexity index is 613. The maximum Gasteiger partial charge on any atom is 0.306 e. The molecule has 0 N–H and O–H groups in total. The van der Waals surface area contributed by atoms with Gasteiger partial charge < -0.3 is 9.64 Å². The lowest BCUT2D eigenvalue weighted by molar-refractivity contribution is -0.143. The highest BCUT2D eigenvalue weighted by Gasteiger charge is 2.18. The molecule has 0 saturated heterocycles. The summed E-state index contributed by atoms with van der Waals surface area (Å²) in [5, 5.41) is 11.5. The summed E-state index contributed by atoms with van der Waals surface area (Å²) in [6.45, 7) is 15.0. The van der Waals surface area contributed by atoms with E-state index in [-0.39, 0.29) is 11.9 Å². The number of hydrogen-bond donors (Lipinski definition) is 0. The van der Waals surface area contributed by atoms with Crippen molar-refractivity contribution in [1.29, 1.82) is 5.26 Å². The Morgan fingerprint density at radius 1 is 1.19 bits per heavy atom. The summed E-state index contributed by atoms with van der Waals surface area (Å²) in [6, 6.07) is 6.23. The number of carbonyl (C=O) groups is 1. The molecule has 0 fully saturated rings. The molecule has 26 heavy (non-hydrogen) atoms. The van der Waals surface area contributed by atoms with E-state index >= 15 is 0 Å². The van der Waals surface area contributed by atoms with E-state index in [1.165, 1.54) is 11.8 Å². The fourth-order valence-corrected chi connectivity index (χ4v) is 3.57. The van der Waals surface area contributed by atoms with Gasteiger partial charge in [-0.2, -0.15) is 5.26 Å². The second-order valence-corrected chi connectivity index (χ2v) is 8.35. The predicted molar refractivity (Wildman–Crippen MR) is 109 cm³/mol. The molecule has 0 aliphatic carbocycles. The third kappa shape index (κ3) is 7.29. The number of benzene rings is 1. The largest absolute Gasteiger partial charge is 0.466 e. The molecule has 0 radical (unpaired) electrons. The van der Waals surface area contributed by atoms with Crippen LogP contribution in [-0.2, 0) is 9.53 Å². The number of ether oxygens (including phenoxy) is 1. The molecule has 144 valence electrons. The van der Waals surface area contributed by atoms with E-state index in [2.05, 4.69) is 56.2 Å². The number of rotatable bonds is 10. The third-order valence-electron chi connectivity index (χ3n) is 4.00. The van der Waals surface area contributed by atoms with Crippen LogP contribution < -0.4 is 4.90 Å². The van der Waals surface area contributed by atoms with E-state index in [1.54, 1.807) is 0 Å². The second kappa shape index (κ2) is 11.1. The molecule has 4 nitrogen and oxygen atoms in total. The number of esters is 1. The highest BCUT2D eigenvalue weighted by molar-refractivity contribution is 8.03. The SMILES string of the molecule is CCOC(=O)CC(C)c1ccc(N(CC(C)C)CC(C)C)c(SC#N)c1. The highest BCUT2D eigenvalue weighted by Crippen LogP contribution is 2.34. The van der Waals surface area contributed by atoms with Gasteiger partial charge in [0.25, 0.3) is 0 Å². The molecule has 1 aromatic carbocycles. The van der Waals surface area contributed by atoms with E-state index in [9.17, 15) is 10.1 Å². The summed E-state index contributed by atoms with van der Waals surface area (Å²) < 4.78 is 5.06. The predicted octanol–water partition coefficient (Wildman–Crippen LogP) is 5.43. The van der Waals surface area contributed by atoms with E-state index < -0.39 is 0 Å². The number of nitriles is 1. The zero-order valence-corrected chi connectivity index (χ0v) is 17.7. The lowest BCUT2D eigenvalue weighted by atomic mass is 9.97. The smallest absolute Gasteiger partial charge is 0.306 e. The van der Waals surface area contributed by atoms with Crippen molar-refractivity contribution in [3.8, 4) is 5.40 Å². The maximum absolute atomic E-state index is 11.8. The van der Waals surface area contributed by atoms with Gasteiger partial charge in [0, 0.05) is 18.0 Å². The zero-order valence-electron chi connectivity index (χ0n) is 16.9. The lowest BCUT2D eigenvalue weighted by Gasteiger charge is -2.30. The van der Waals surface area contributed by atoms with Crippen LogP contribution in [-0.4, -0.2) is 25.7 Å². The summed E-state index contributed by atoms with van der Waals surface area (Å²) in [7, 11) is 0. The highest BCUT2D eigenvalue weighted by atomic mass is 32.2. The van der Waals surface area contributed by atoms with Gasteiger partial charge in [-0.25, -0.2) is 0 Å². The van der Waals surface area contributed by atoms with Crippen molar-refractivity contribution >= 4 is 23.4 Å². The van der Waals surface area contributed by atoms with Crippen LogP contribution in [0.4, 0.5) is 5.69 Å². The minimum Gasteiger partial charge on any atom is -0.466 e. The Morgan fingerprint density at radius 3 is 2.31 bits per heavy atom. The average Bonchev–Trinajstić information content (AvgIpc) is 2.53. The molecule has 1 rings (SSSR count). The summed E-state index contributed by atoms with van der Waals surface area (Å²) in [5.74, 6) is 0.955. The standard InChI is InChI=1S/C21H32N2O2S/c1-7-25-21(24)10-17(6)18-8-9-19(20(11-18)26-14-22)23(12-15(2)3)13-16(4)5/h8-9,11,15-17H,7,10,12-13H2,1-6H3. The molecule has 1 aromatic rings. The summed E-state index contributed by atoms with van der Waals surface area (Å²) in [5.41, 5.74) is 2.17. The minimum absolute atomic E-state index is 0.0600. The van der Waals surface area contributed by atoms with Crippen molar-refractivity contribution in [2.45, 2.75) is 58.8 Å². The Labute approximate surface area is 162 Å². The number of nitrogens with zero attached hydrogens (tertiary/aromatic N) is 2. The van der Waals surface area contributed by atoms with Crippen LogP contribution in [0.25, 0.3) is 0 Å². The Morgan fingerprint density at radius 2 is 1.81 bits per heavy atom. The van der Waals surface area contributed by atoms with E-state index in [0.29, 0.717) is 24.9 Å². The van der Waals surface area contributed by atoms with Gasteiger partial charge >= 0.3 is 5.97 Å². The quantitative estimate of drug-likeness (QED) is 0.309. The molecule has 0 aliphatic rings. The maximum atomic E-state index is 11.8. The van der Waals surface area contributed by atoms with Gasteiger partial charge in [0.05, 0.1) is 18.7 Å². The molecule has 1 atom stereocenters. The van der Waals surface area contributed by atoms with E-state index in [1.807, 2.05) is 13.8 Å². The van der Waals surface area contributed by atoms with E-state index in [4.69, 9.17) is 4.74 Å². The normalized spacial score (nSPS) is 12.1. The molecule has 0 aliphatic heterocycles. The van der Waals surface area contributed by atoms with Gasteiger partial charge in [0.2, 0.25) is 0 Å². The Balaban J connectivity index is 3.13. The van der Waals surface area contributed by atoms with Crippen molar-refractivity contribution < 1.29 is 9.53 Å². The Hall–Kier alpha value is -1.67. The number of thioether (sulfide) groups is 1. The van der Waals surface area contributed by atoms with Crippen molar-refractivity contribution in [3.63, 3.8) is 0 Å². The van der Waals surface area contributed by atoms with Gasteiger partial charge in [0.15, 0.2) is 0 Å². The molecule has 0 amide bonds. The fourth-order valence-electron chi connectivity index (χ4n) is 2.97. The first kappa shape index (κ1) is 22.4. The molecule has 0 aromatic heterocycles. The first-order valence-electron chi connectivity index (χ1n) is 9.38. The van der Waals surface area contributed by atoms with Crippen LogP contribution in [0, 0.1) is 22.5 Å². The molecule has 1 unspecified atom stereocenters. The summed E-state index contributed by atoms with van der Waals surface area (Å²) in [4.78, 5) is 15.1. The molecule has 0 heterocycles. The van der Waals surface area contributed by atoms with Crippen LogP contribution in [0.5, 0.6) is 0 Å². The summed E-state index contributed by atoms with van der Waals surface area (Å²) >= 11 is 1.19. The van der Waals surface area contributed by atoms with Gasteiger partial charge in [-0.1, -0.05) is 40.7 Å². The monoisotopic (exact) mass is 376 g/mol. The molecule has 0 saturated carbocycles. The number of hydrogen-bond acceptors (Lipinski definition) is 5. The topological polar surface area (TPSA) is 53.3 Å². The van der Waals surface area contributed by atoms with Crippen molar-refractivity contribution in [3.05, 3.63) is 23.8 Å². The van der Waals surface area contributed by atoms with Gasteiger partial charge in [-0.05, 0) is 54.1 Å². The van der Waals surface area contributed by atoms with Gasteiger partial charge in [0.1, 0.15) is 5.40 Å². The number of carbonyl (C=O) groups excluding carboxylic acids is 1. The minimum atomic E-state index is -0.181. The van der Waals surface area contributed by atoms with Gasteiger partial charge in [-0.15, -0.1) is 0 Å².